The van der Waals surface area contributed by atoms with Gasteiger partial charge in [0.25, 0.3) is 0 Å². The molecule has 0 heterocycles. The molecular weight excluding hydrogens is 408 g/mol. The van der Waals surface area contributed by atoms with Crippen molar-refractivity contribution in [3.05, 3.63) is 107 Å². The molecule has 0 spiro atoms. The molecule has 0 aromatic heterocycles. The monoisotopic (exact) mass is 432 g/mol. The largest absolute Gasteiger partial charge is 0.488 e. The van der Waals surface area contributed by atoms with E-state index in [1.807, 2.05) is 78.9 Å². The normalized spacial score (nSPS) is 11.2. The molecular formula is C26H25ClN2O2. The Bertz CT molecular complexity index is 1060. The number of ether oxygens (including phenoxy) is 2. The number of methoxy groups -OCH3 is 1. The zero-order valence-electron chi connectivity index (χ0n) is 17.5. The average Bonchev–Trinajstić information content (AvgIpc) is 2.78. The zero-order chi connectivity index (χ0) is 22.1. The minimum absolute atomic E-state index is 0.181. The summed E-state index contributed by atoms with van der Waals surface area (Å²) < 4.78 is 11.0. The van der Waals surface area contributed by atoms with Gasteiger partial charge in [-0.1, -0.05) is 91.0 Å². The molecule has 0 saturated carbocycles. The maximum atomic E-state index is 8.33. The van der Waals surface area contributed by atoms with Crippen molar-refractivity contribution in [2.24, 2.45) is 4.99 Å². The number of amidine groups is 1. The van der Waals surface area contributed by atoms with Crippen LogP contribution >= 0.6 is 11.6 Å². The van der Waals surface area contributed by atoms with E-state index >= 15 is 0 Å². The molecule has 0 atom stereocenters. The van der Waals surface area contributed by atoms with Gasteiger partial charge in [-0.2, -0.15) is 0 Å². The van der Waals surface area contributed by atoms with Gasteiger partial charge in [0.2, 0.25) is 0 Å². The molecule has 31 heavy (non-hydrogen) atoms. The van der Waals surface area contributed by atoms with E-state index in [-0.39, 0.29) is 12.4 Å². The zero-order valence-corrected chi connectivity index (χ0v) is 18.2. The topological polar surface area (TPSA) is 54.7 Å². The Morgan fingerprint density at radius 2 is 1.65 bits per heavy atom. The Morgan fingerprint density at radius 3 is 2.29 bits per heavy atom. The van der Waals surface area contributed by atoms with Crippen LogP contribution in [0.25, 0.3) is 11.1 Å². The Kier molecular flexibility index (Phi) is 8.16. The highest BCUT2D eigenvalue weighted by atomic mass is 35.5. The Balaban J connectivity index is 1.67. The van der Waals surface area contributed by atoms with Gasteiger partial charge in [0, 0.05) is 24.1 Å². The van der Waals surface area contributed by atoms with Crippen LogP contribution in [0.3, 0.4) is 0 Å². The molecule has 5 heteroatoms. The van der Waals surface area contributed by atoms with Crippen LogP contribution in [0, 0.1) is 5.41 Å². The molecule has 0 aliphatic rings. The second-order valence-electron chi connectivity index (χ2n) is 6.99. The fourth-order valence-electron chi connectivity index (χ4n) is 3.06. The maximum Gasteiger partial charge on any atom is 0.136 e. The number of halogens is 1. The molecule has 0 aliphatic carbocycles. The van der Waals surface area contributed by atoms with Crippen LogP contribution in [0.1, 0.15) is 11.1 Å². The van der Waals surface area contributed by atoms with E-state index in [0.29, 0.717) is 29.5 Å². The van der Waals surface area contributed by atoms with Crippen LogP contribution in [-0.2, 0) is 22.5 Å². The van der Waals surface area contributed by atoms with Gasteiger partial charge in [0.15, 0.2) is 0 Å². The molecule has 1 N–H and O–H groups in total. The maximum absolute atomic E-state index is 8.33. The Morgan fingerprint density at radius 1 is 0.968 bits per heavy atom. The fraction of sp³-hybridized carbons (Fsp3) is 0.154. The highest BCUT2D eigenvalue weighted by Crippen LogP contribution is 2.28. The quantitative estimate of drug-likeness (QED) is 0.243. The van der Waals surface area contributed by atoms with E-state index in [1.165, 1.54) is 0 Å². The van der Waals surface area contributed by atoms with Crippen molar-refractivity contribution in [3.63, 3.8) is 0 Å². The molecule has 3 rings (SSSR count). The molecule has 4 nitrogen and oxygen atoms in total. The SMILES string of the molecule is C=C(OCc1ccccc1)/C(COC)=N\C(=N)Cc1ccc(-c2ccccc2)c(Cl)c1. The first-order chi connectivity index (χ1) is 15.1. The van der Waals surface area contributed by atoms with Crippen LogP contribution < -0.4 is 0 Å². The van der Waals surface area contributed by atoms with Crippen LogP contribution in [0.2, 0.25) is 5.02 Å². The van der Waals surface area contributed by atoms with Gasteiger partial charge in [-0.15, -0.1) is 0 Å². The third kappa shape index (κ3) is 6.64. The molecule has 0 bridgehead atoms. The summed E-state index contributed by atoms with van der Waals surface area (Å²) in [6, 6.07) is 25.6. The van der Waals surface area contributed by atoms with Gasteiger partial charge in [0.05, 0.1) is 6.61 Å². The lowest BCUT2D eigenvalue weighted by atomic mass is 10.0. The minimum Gasteiger partial charge on any atom is -0.488 e. The minimum atomic E-state index is 0.181. The fourth-order valence-corrected chi connectivity index (χ4v) is 3.37. The summed E-state index contributed by atoms with van der Waals surface area (Å²) >= 11 is 6.49. The first-order valence-corrected chi connectivity index (χ1v) is 10.3. The lowest BCUT2D eigenvalue weighted by Gasteiger charge is -2.12. The standard InChI is InChI=1S/C26H25ClN2O2/c1-19(31-17-20-9-5-3-6-10-20)25(18-30-2)29-26(28)16-21-13-14-23(24(27)15-21)22-11-7-4-8-12-22/h3-15,28H,1,16-18H2,2H3/b28-26?,29-25-. The second-order valence-corrected chi connectivity index (χ2v) is 7.40. The number of aliphatic imine (C=N–C) groups is 1. The predicted molar refractivity (Wildman–Crippen MR) is 128 cm³/mol. The van der Waals surface area contributed by atoms with Crippen molar-refractivity contribution in [2.75, 3.05) is 13.7 Å². The summed E-state index contributed by atoms with van der Waals surface area (Å²) in [5.41, 5.74) is 4.45. The molecule has 0 fully saturated rings. The van der Waals surface area contributed by atoms with Gasteiger partial charge in [-0.3, -0.25) is 5.41 Å². The van der Waals surface area contributed by atoms with Crippen LogP contribution in [0.4, 0.5) is 0 Å². The van der Waals surface area contributed by atoms with Gasteiger partial charge >= 0.3 is 0 Å². The molecule has 0 amide bonds. The summed E-state index contributed by atoms with van der Waals surface area (Å²) in [4.78, 5) is 4.39. The Hall–Kier alpha value is -3.21. The first kappa shape index (κ1) is 22.5. The number of nitrogens with zero attached hydrogens (tertiary/aromatic N) is 1. The van der Waals surface area contributed by atoms with E-state index in [1.54, 1.807) is 7.11 Å². The molecule has 3 aromatic rings. The summed E-state index contributed by atoms with van der Waals surface area (Å²) in [6.07, 6.45) is 0.341. The lowest BCUT2D eigenvalue weighted by molar-refractivity contribution is 0.206. The highest BCUT2D eigenvalue weighted by molar-refractivity contribution is 6.33. The van der Waals surface area contributed by atoms with Crippen molar-refractivity contribution in [1.29, 1.82) is 5.41 Å². The number of hydrogen-bond donors (Lipinski definition) is 1. The number of nitrogens with one attached hydrogen (secondary N) is 1. The molecule has 0 unspecified atom stereocenters. The summed E-state index contributed by atoms with van der Waals surface area (Å²) in [5.74, 6) is 0.577. The van der Waals surface area contributed by atoms with Crippen LogP contribution in [0.5, 0.6) is 0 Å². The number of benzene rings is 3. The van der Waals surface area contributed by atoms with Gasteiger partial charge in [-0.05, 0) is 22.8 Å². The smallest absolute Gasteiger partial charge is 0.136 e. The van der Waals surface area contributed by atoms with Crippen molar-refractivity contribution in [2.45, 2.75) is 13.0 Å². The van der Waals surface area contributed by atoms with Gasteiger partial charge < -0.3 is 9.47 Å². The molecule has 158 valence electrons. The van der Waals surface area contributed by atoms with Gasteiger partial charge in [0.1, 0.15) is 23.9 Å². The number of rotatable bonds is 9. The lowest BCUT2D eigenvalue weighted by Crippen LogP contribution is -2.15. The molecule has 3 aromatic carbocycles. The molecule has 0 radical (unpaired) electrons. The van der Waals surface area contributed by atoms with Gasteiger partial charge in [-0.25, -0.2) is 4.99 Å². The summed E-state index contributed by atoms with van der Waals surface area (Å²) in [7, 11) is 1.58. The summed E-state index contributed by atoms with van der Waals surface area (Å²) in [5, 5.41) is 8.98. The Labute approximate surface area is 188 Å². The van der Waals surface area contributed by atoms with Crippen molar-refractivity contribution in [3.8, 4) is 11.1 Å². The third-order valence-electron chi connectivity index (χ3n) is 4.62. The number of hydrogen-bond acceptors (Lipinski definition) is 3. The third-order valence-corrected chi connectivity index (χ3v) is 4.93. The van der Waals surface area contributed by atoms with E-state index in [9.17, 15) is 0 Å². The van der Waals surface area contributed by atoms with Crippen molar-refractivity contribution < 1.29 is 9.47 Å². The predicted octanol–water partition coefficient (Wildman–Crippen LogP) is 6.34. The van der Waals surface area contributed by atoms with Crippen molar-refractivity contribution in [1.82, 2.24) is 0 Å². The van der Waals surface area contributed by atoms with E-state index in [4.69, 9.17) is 26.5 Å². The van der Waals surface area contributed by atoms with Crippen molar-refractivity contribution >= 4 is 23.1 Å². The van der Waals surface area contributed by atoms with E-state index in [2.05, 4.69) is 11.6 Å². The molecule has 0 saturated heterocycles. The average molecular weight is 433 g/mol. The highest BCUT2D eigenvalue weighted by Gasteiger charge is 2.10. The first-order valence-electron chi connectivity index (χ1n) is 9.90. The second kappa shape index (κ2) is 11.3. The van der Waals surface area contributed by atoms with E-state index < -0.39 is 0 Å². The van der Waals surface area contributed by atoms with E-state index in [0.717, 1.165) is 22.3 Å². The van der Waals surface area contributed by atoms with Crippen LogP contribution in [-0.4, -0.2) is 25.3 Å². The summed E-state index contributed by atoms with van der Waals surface area (Å²) in [6.45, 7) is 4.55. The van der Waals surface area contributed by atoms with Crippen LogP contribution in [0.15, 0.2) is 96.2 Å². The molecule has 0 aliphatic heterocycles.